The summed E-state index contributed by atoms with van der Waals surface area (Å²) in [6.07, 6.45) is 0. The van der Waals surface area contributed by atoms with Gasteiger partial charge < -0.3 is 9.47 Å². The number of rotatable bonds is 3. The van der Waals surface area contributed by atoms with E-state index < -0.39 is 10.9 Å². The molecule has 6 nitrogen and oxygen atoms in total. The molecule has 1 aromatic carbocycles. The highest BCUT2D eigenvalue weighted by atomic mass is 16.6. The number of carbonyl (C=O) groups excluding carboxylic acids is 1. The maximum Gasteiger partial charge on any atom is 0.384 e. The van der Waals surface area contributed by atoms with E-state index in [0.29, 0.717) is 5.56 Å². The van der Waals surface area contributed by atoms with Crippen LogP contribution in [0.1, 0.15) is 12.5 Å². The van der Waals surface area contributed by atoms with Crippen LogP contribution >= 0.6 is 0 Å². The minimum Gasteiger partial charge on any atom is -0.490 e. The van der Waals surface area contributed by atoms with Gasteiger partial charge in [-0.2, -0.15) is 0 Å². The Morgan fingerprint density at radius 2 is 2.22 bits per heavy atom. The number of ether oxygens (including phenoxy) is 2. The Morgan fingerprint density at radius 1 is 1.50 bits per heavy atom. The molecule has 0 atom stereocenters. The van der Waals surface area contributed by atoms with Crippen molar-refractivity contribution in [2.24, 2.45) is 0 Å². The summed E-state index contributed by atoms with van der Waals surface area (Å²) in [6.45, 7) is 1.90. The summed E-state index contributed by atoms with van der Waals surface area (Å²) in [7, 11) is 1.34. The Labute approximate surface area is 104 Å². The van der Waals surface area contributed by atoms with Crippen LogP contribution in [0.2, 0.25) is 0 Å². The summed E-state index contributed by atoms with van der Waals surface area (Å²) in [5.74, 6) is 4.19. The highest BCUT2D eigenvalue weighted by molar-refractivity contribution is 5.89. The number of nitro benzene ring substituents is 1. The molecule has 1 aromatic rings. The first-order valence-electron chi connectivity index (χ1n) is 5.09. The van der Waals surface area contributed by atoms with Crippen LogP contribution in [0.4, 0.5) is 5.69 Å². The maximum absolute atomic E-state index is 11.0. The van der Waals surface area contributed by atoms with Gasteiger partial charge in [0.15, 0.2) is 5.75 Å². The minimum atomic E-state index is -0.670. The van der Waals surface area contributed by atoms with Crippen molar-refractivity contribution in [2.75, 3.05) is 13.7 Å². The Balaban J connectivity index is 3.02. The molecule has 1 rings (SSSR count). The number of carbonyl (C=O) groups is 1. The number of hydrogen-bond acceptors (Lipinski definition) is 5. The van der Waals surface area contributed by atoms with Crippen LogP contribution in [0.15, 0.2) is 18.2 Å². The molecule has 0 aromatic heterocycles. The van der Waals surface area contributed by atoms with Gasteiger partial charge in [-0.1, -0.05) is 5.92 Å². The molecule has 6 heteroatoms. The SMILES string of the molecule is CCOC(=O)C#Cc1ccc(OC)c([N+](=O)[O-])c1. The smallest absolute Gasteiger partial charge is 0.384 e. The molecule has 94 valence electrons. The Morgan fingerprint density at radius 3 is 2.78 bits per heavy atom. The molecule has 0 radical (unpaired) electrons. The van der Waals surface area contributed by atoms with E-state index >= 15 is 0 Å². The van der Waals surface area contributed by atoms with Gasteiger partial charge in [-0.05, 0) is 19.1 Å². The van der Waals surface area contributed by atoms with Gasteiger partial charge >= 0.3 is 11.7 Å². The van der Waals surface area contributed by atoms with Gasteiger partial charge in [0.25, 0.3) is 0 Å². The van der Waals surface area contributed by atoms with Crippen LogP contribution in [0.3, 0.4) is 0 Å². The van der Waals surface area contributed by atoms with E-state index in [1.165, 1.54) is 25.3 Å². The third-order valence-electron chi connectivity index (χ3n) is 1.96. The van der Waals surface area contributed by atoms with E-state index in [4.69, 9.17) is 4.74 Å². The predicted octanol–water partition coefficient (Wildman–Crippen LogP) is 1.52. The molecule has 0 unspecified atom stereocenters. The number of methoxy groups -OCH3 is 1. The van der Waals surface area contributed by atoms with Gasteiger partial charge in [0.2, 0.25) is 0 Å². The molecule has 0 aliphatic carbocycles. The highest BCUT2D eigenvalue weighted by Gasteiger charge is 2.14. The third kappa shape index (κ3) is 3.49. The van der Waals surface area contributed by atoms with Crippen LogP contribution in [0.5, 0.6) is 5.75 Å². The standard InChI is InChI=1S/C12H11NO5/c1-3-18-12(14)7-5-9-4-6-11(17-2)10(8-9)13(15)16/h4,6,8H,3H2,1-2H3. The largest absolute Gasteiger partial charge is 0.490 e. The maximum atomic E-state index is 11.0. The fourth-order valence-corrected chi connectivity index (χ4v) is 1.20. The normalized spacial score (nSPS) is 9.00. The molecule has 18 heavy (non-hydrogen) atoms. The van der Waals surface area contributed by atoms with Crippen molar-refractivity contribution in [2.45, 2.75) is 6.92 Å². The summed E-state index contributed by atoms with van der Waals surface area (Å²) < 4.78 is 9.46. The zero-order chi connectivity index (χ0) is 13.5. The second-order valence-corrected chi connectivity index (χ2v) is 3.11. The lowest BCUT2D eigenvalue weighted by atomic mass is 10.2. The molecular formula is C12H11NO5. The third-order valence-corrected chi connectivity index (χ3v) is 1.96. The highest BCUT2D eigenvalue weighted by Crippen LogP contribution is 2.26. The molecule has 0 aliphatic heterocycles. The van der Waals surface area contributed by atoms with Crippen LogP contribution < -0.4 is 4.74 Å². The summed E-state index contributed by atoms with van der Waals surface area (Å²) in [6, 6.07) is 4.19. The van der Waals surface area contributed by atoms with Gasteiger partial charge in [0, 0.05) is 17.6 Å². The molecule has 0 spiro atoms. The number of nitro groups is 1. The predicted molar refractivity (Wildman–Crippen MR) is 63.2 cm³/mol. The van der Waals surface area contributed by atoms with Gasteiger partial charge in [-0.3, -0.25) is 10.1 Å². The Bertz CT molecular complexity index is 527. The van der Waals surface area contributed by atoms with E-state index in [1.807, 2.05) is 0 Å². The average molecular weight is 249 g/mol. The fourth-order valence-electron chi connectivity index (χ4n) is 1.20. The molecule has 0 amide bonds. The number of esters is 1. The van der Waals surface area contributed by atoms with E-state index in [2.05, 4.69) is 16.6 Å². The van der Waals surface area contributed by atoms with Crippen molar-refractivity contribution in [3.63, 3.8) is 0 Å². The summed E-state index contributed by atoms with van der Waals surface area (Å²) >= 11 is 0. The molecule has 0 aliphatic rings. The molecule has 0 heterocycles. The average Bonchev–Trinajstić information content (AvgIpc) is 2.36. The monoisotopic (exact) mass is 249 g/mol. The first-order chi connectivity index (χ1) is 8.58. The second-order valence-electron chi connectivity index (χ2n) is 3.11. The van der Waals surface area contributed by atoms with Gasteiger partial charge in [-0.25, -0.2) is 4.79 Å². The van der Waals surface area contributed by atoms with Crippen LogP contribution in [0, 0.1) is 22.0 Å². The summed E-state index contributed by atoms with van der Waals surface area (Å²) in [4.78, 5) is 21.2. The fraction of sp³-hybridized carbons (Fsp3) is 0.250. The van der Waals surface area contributed by atoms with Crippen molar-refractivity contribution >= 4 is 11.7 Å². The Kier molecular flexibility index (Phi) is 4.69. The van der Waals surface area contributed by atoms with Crippen molar-refractivity contribution in [3.05, 3.63) is 33.9 Å². The quantitative estimate of drug-likeness (QED) is 0.351. The van der Waals surface area contributed by atoms with Crippen LogP contribution in [-0.2, 0) is 9.53 Å². The van der Waals surface area contributed by atoms with Crippen molar-refractivity contribution < 1.29 is 19.2 Å². The number of benzene rings is 1. The minimum absolute atomic E-state index is 0.140. The van der Waals surface area contributed by atoms with E-state index in [9.17, 15) is 14.9 Å². The lowest BCUT2D eigenvalue weighted by Gasteiger charge is -2.00. The van der Waals surface area contributed by atoms with E-state index in [1.54, 1.807) is 6.92 Å². The Hall–Kier alpha value is -2.55. The number of hydrogen-bond donors (Lipinski definition) is 0. The van der Waals surface area contributed by atoms with E-state index in [0.717, 1.165) is 0 Å². The first-order valence-corrected chi connectivity index (χ1v) is 5.09. The first kappa shape index (κ1) is 13.5. The molecule has 0 saturated carbocycles. The molecule has 0 N–H and O–H groups in total. The molecule has 0 saturated heterocycles. The number of nitrogens with zero attached hydrogens (tertiary/aromatic N) is 1. The van der Waals surface area contributed by atoms with Gasteiger partial charge in [-0.15, -0.1) is 0 Å². The zero-order valence-corrected chi connectivity index (χ0v) is 9.93. The van der Waals surface area contributed by atoms with E-state index in [-0.39, 0.29) is 18.0 Å². The molecular weight excluding hydrogens is 238 g/mol. The lowest BCUT2D eigenvalue weighted by Crippen LogP contribution is -1.99. The van der Waals surface area contributed by atoms with Crippen molar-refractivity contribution in [1.82, 2.24) is 0 Å². The van der Waals surface area contributed by atoms with Crippen LogP contribution in [0.25, 0.3) is 0 Å². The van der Waals surface area contributed by atoms with Crippen molar-refractivity contribution in [3.8, 4) is 17.6 Å². The van der Waals surface area contributed by atoms with Crippen LogP contribution in [-0.4, -0.2) is 24.6 Å². The van der Waals surface area contributed by atoms with Gasteiger partial charge in [0.1, 0.15) is 0 Å². The molecule has 0 bridgehead atoms. The summed E-state index contributed by atoms with van der Waals surface area (Å²) in [5.41, 5.74) is 0.142. The van der Waals surface area contributed by atoms with Crippen molar-refractivity contribution in [1.29, 1.82) is 0 Å². The van der Waals surface area contributed by atoms with Gasteiger partial charge in [0.05, 0.1) is 18.6 Å². The lowest BCUT2D eigenvalue weighted by molar-refractivity contribution is -0.385. The molecule has 0 fully saturated rings. The topological polar surface area (TPSA) is 78.7 Å². The second kappa shape index (κ2) is 6.25. The zero-order valence-electron chi connectivity index (χ0n) is 9.93. The summed E-state index contributed by atoms with van der Waals surface area (Å²) in [5, 5.41) is 10.8.